The Kier molecular flexibility index (Phi) is 5.94. The van der Waals surface area contributed by atoms with Crippen LogP contribution in [0.25, 0.3) is 0 Å². The van der Waals surface area contributed by atoms with Crippen molar-refractivity contribution >= 4 is 27.8 Å². The van der Waals surface area contributed by atoms with Gasteiger partial charge in [0.1, 0.15) is 12.4 Å². The summed E-state index contributed by atoms with van der Waals surface area (Å²) in [5.41, 5.74) is 0.190. The van der Waals surface area contributed by atoms with Gasteiger partial charge in [0.15, 0.2) is 6.04 Å². The molecule has 2 N–H and O–H groups in total. The molecule has 20 heavy (non-hydrogen) atoms. The summed E-state index contributed by atoms with van der Waals surface area (Å²) in [6.07, 6.45) is -0.0715. The minimum Gasteiger partial charge on any atom is -0.491 e. The van der Waals surface area contributed by atoms with E-state index in [2.05, 4.69) is 21.2 Å². The third-order valence-electron chi connectivity index (χ3n) is 2.26. The molecule has 7 heteroatoms. The summed E-state index contributed by atoms with van der Waals surface area (Å²) in [6.45, 7) is 2.50. The van der Waals surface area contributed by atoms with Crippen LogP contribution in [0, 0.1) is 0 Å². The first-order chi connectivity index (χ1) is 9.33. The topological polar surface area (TPSA) is 75.6 Å². The number of halogens is 2. The van der Waals surface area contributed by atoms with Gasteiger partial charge < -0.3 is 15.2 Å². The molecule has 0 radical (unpaired) electrons. The van der Waals surface area contributed by atoms with Gasteiger partial charge in [0.05, 0.1) is 6.10 Å². The van der Waals surface area contributed by atoms with Crippen molar-refractivity contribution in [2.75, 3.05) is 6.67 Å². The van der Waals surface area contributed by atoms with E-state index in [1.807, 2.05) is 13.8 Å². The lowest BCUT2D eigenvalue weighted by atomic mass is 10.2. The standard InChI is InChI=1S/C13H15BrFNO4/c1-7(2)20-10-4-8(3-9(14)5-10)12(17)16-11(6-15)13(18)19/h3-5,7,11H,6H2,1-2H3,(H,16,17)(H,18,19). The van der Waals surface area contributed by atoms with E-state index in [-0.39, 0.29) is 11.7 Å². The number of carbonyl (C=O) groups is 2. The number of hydrogen-bond donors (Lipinski definition) is 2. The second kappa shape index (κ2) is 7.23. The van der Waals surface area contributed by atoms with Crippen LogP contribution in [0.15, 0.2) is 22.7 Å². The Labute approximate surface area is 124 Å². The zero-order valence-electron chi connectivity index (χ0n) is 11.0. The molecule has 0 aromatic heterocycles. The van der Waals surface area contributed by atoms with Gasteiger partial charge >= 0.3 is 5.97 Å². The van der Waals surface area contributed by atoms with Gasteiger partial charge in [0.25, 0.3) is 5.91 Å². The maximum Gasteiger partial charge on any atom is 0.328 e. The van der Waals surface area contributed by atoms with Gasteiger partial charge in [-0.25, -0.2) is 9.18 Å². The first-order valence-electron chi connectivity index (χ1n) is 5.90. The lowest BCUT2D eigenvalue weighted by Gasteiger charge is -2.13. The maximum atomic E-state index is 12.5. The number of ether oxygens (including phenoxy) is 1. The molecule has 0 aliphatic rings. The molecule has 0 bridgehead atoms. The Balaban J connectivity index is 2.92. The number of amides is 1. The second-order valence-corrected chi connectivity index (χ2v) is 5.28. The molecular formula is C13H15BrFNO4. The van der Waals surface area contributed by atoms with Crippen LogP contribution in [0.3, 0.4) is 0 Å². The summed E-state index contributed by atoms with van der Waals surface area (Å²) < 4.78 is 18.6. The monoisotopic (exact) mass is 347 g/mol. The number of alkyl halides is 1. The molecule has 110 valence electrons. The summed E-state index contributed by atoms with van der Waals surface area (Å²) >= 11 is 3.23. The lowest BCUT2D eigenvalue weighted by molar-refractivity contribution is -0.139. The molecule has 5 nitrogen and oxygen atoms in total. The summed E-state index contributed by atoms with van der Waals surface area (Å²) in [7, 11) is 0. The van der Waals surface area contributed by atoms with Crippen molar-refractivity contribution in [3.8, 4) is 5.75 Å². The molecule has 1 aromatic rings. The van der Waals surface area contributed by atoms with E-state index in [0.717, 1.165) is 0 Å². The van der Waals surface area contributed by atoms with Gasteiger partial charge in [-0.15, -0.1) is 0 Å². The molecule has 1 rings (SSSR count). The number of carbonyl (C=O) groups excluding carboxylic acids is 1. The summed E-state index contributed by atoms with van der Waals surface area (Å²) in [4.78, 5) is 22.6. The second-order valence-electron chi connectivity index (χ2n) is 4.36. The Bertz CT molecular complexity index is 507. The van der Waals surface area contributed by atoms with Crippen molar-refractivity contribution in [2.45, 2.75) is 26.0 Å². The third kappa shape index (κ3) is 4.80. The van der Waals surface area contributed by atoms with Gasteiger partial charge in [-0.3, -0.25) is 4.79 Å². The molecule has 0 fully saturated rings. The summed E-state index contributed by atoms with van der Waals surface area (Å²) in [5.74, 6) is -1.63. The average Bonchev–Trinajstić information content (AvgIpc) is 2.33. The van der Waals surface area contributed by atoms with Crippen LogP contribution in [0.2, 0.25) is 0 Å². The summed E-state index contributed by atoms with van der Waals surface area (Å²) in [6, 6.07) is 3.09. The highest BCUT2D eigenvalue weighted by Crippen LogP contribution is 2.22. The SMILES string of the molecule is CC(C)Oc1cc(Br)cc(C(=O)NC(CF)C(=O)O)c1. The van der Waals surface area contributed by atoms with Crippen LogP contribution in [-0.4, -0.2) is 35.8 Å². The predicted octanol–water partition coefficient (Wildman–Crippen LogP) is 2.39. The van der Waals surface area contributed by atoms with Crippen molar-refractivity contribution in [1.29, 1.82) is 0 Å². The fourth-order valence-corrected chi connectivity index (χ4v) is 1.91. The molecule has 1 atom stereocenters. The quantitative estimate of drug-likeness (QED) is 0.828. The normalized spacial score (nSPS) is 12.1. The molecular weight excluding hydrogens is 333 g/mol. The molecule has 0 saturated heterocycles. The number of carboxylic acids is 1. The Hall–Kier alpha value is -1.63. The first kappa shape index (κ1) is 16.4. The Morgan fingerprint density at radius 1 is 1.40 bits per heavy atom. The van der Waals surface area contributed by atoms with Crippen molar-refractivity contribution in [1.82, 2.24) is 5.32 Å². The molecule has 0 aliphatic carbocycles. The average molecular weight is 348 g/mol. The number of benzene rings is 1. The van der Waals surface area contributed by atoms with E-state index >= 15 is 0 Å². The van der Waals surface area contributed by atoms with Crippen LogP contribution < -0.4 is 10.1 Å². The lowest BCUT2D eigenvalue weighted by Crippen LogP contribution is -2.42. The zero-order valence-corrected chi connectivity index (χ0v) is 12.6. The molecule has 0 aliphatic heterocycles. The van der Waals surface area contributed by atoms with Crippen LogP contribution >= 0.6 is 15.9 Å². The highest BCUT2D eigenvalue weighted by atomic mass is 79.9. The zero-order chi connectivity index (χ0) is 15.3. The largest absolute Gasteiger partial charge is 0.491 e. The fraction of sp³-hybridized carbons (Fsp3) is 0.385. The minimum absolute atomic E-state index is 0.0715. The maximum absolute atomic E-state index is 12.5. The van der Waals surface area contributed by atoms with E-state index in [0.29, 0.717) is 10.2 Å². The molecule has 0 spiro atoms. The third-order valence-corrected chi connectivity index (χ3v) is 2.72. The molecule has 1 amide bonds. The molecule has 0 saturated carbocycles. The Morgan fingerprint density at radius 3 is 2.55 bits per heavy atom. The smallest absolute Gasteiger partial charge is 0.328 e. The molecule has 1 unspecified atom stereocenters. The van der Waals surface area contributed by atoms with E-state index in [1.54, 1.807) is 6.07 Å². The Morgan fingerprint density at radius 2 is 2.05 bits per heavy atom. The number of rotatable bonds is 6. The van der Waals surface area contributed by atoms with Crippen LogP contribution in [0.4, 0.5) is 4.39 Å². The number of aliphatic carboxylic acids is 1. The van der Waals surface area contributed by atoms with Crippen LogP contribution in [-0.2, 0) is 4.79 Å². The van der Waals surface area contributed by atoms with Gasteiger partial charge in [-0.2, -0.15) is 0 Å². The highest BCUT2D eigenvalue weighted by Gasteiger charge is 2.21. The van der Waals surface area contributed by atoms with Crippen molar-refractivity contribution in [3.63, 3.8) is 0 Å². The number of hydrogen-bond acceptors (Lipinski definition) is 3. The molecule has 0 heterocycles. The first-order valence-corrected chi connectivity index (χ1v) is 6.69. The van der Waals surface area contributed by atoms with Crippen LogP contribution in [0.1, 0.15) is 24.2 Å². The van der Waals surface area contributed by atoms with Crippen molar-refractivity contribution < 1.29 is 23.8 Å². The van der Waals surface area contributed by atoms with Crippen LogP contribution in [0.5, 0.6) is 5.75 Å². The van der Waals surface area contributed by atoms with E-state index < -0.39 is 24.6 Å². The minimum atomic E-state index is -1.56. The number of nitrogens with one attached hydrogen (secondary N) is 1. The molecule has 1 aromatic carbocycles. The van der Waals surface area contributed by atoms with Gasteiger partial charge in [-0.1, -0.05) is 15.9 Å². The number of carboxylic acid groups (broad SMARTS) is 1. The van der Waals surface area contributed by atoms with Gasteiger partial charge in [0, 0.05) is 10.0 Å². The van der Waals surface area contributed by atoms with Gasteiger partial charge in [0.2, 0.25) is 0 Å². The predicted molar refractivity (Wildman–Crippen MR) is 74.8 cm³/mol. The fourth-order valence-electron chi connectivity index (χ4n) is 1.44. The van der Waals surface area contributed by atoms with E-state index in [4.69, 9.17) is 9.84 Å². The highest BCUT2D eigenvalue weighted by molar-refractivity contribution is 9.10. The van der Waals surface area contributed by atoms with Gasteiger partial charge in [-0.05, 0) is 32.0 Å². The van der Waals surface area contributed by atoms with E-state index in [1.165, 1.54) is 12.1 Å². The summed E-state index contributed by atoms with van der Waals surface area (Å²) in [5, 5.41) is 10.8. The van der Waals surface area contributed by atoms with Crippen molar-refractivity contribution in [3.05, 3.63) is 28.2 Å². The van der Waals surface area contributed by atoms with Crippen molar-refractivity contribution in [2.24, 2.45) is 0 Å². The van der Waals surface area contributed by atoms with E-state index in [9.17, 15) is 14.0 Å².